The third-order valence-corrected chi connectivity index (χ3v) is 7.70. The molecular formula is C27H29N3O2. The summed E-state index contributed by atoms with van der Waals surface area (Å²) in [4.78, 5) is 34.8. The molecule has 3 aliphatic rings. The minimum Gasteiger partial charge on any atom is -0.356 e. The molecule has 2 aromatic carbocycles. The van der Waals surface area contributed by atoms with Crippen molar-refractivity contribution in [3.05, 3.63) is 70.9 Å². The molecule has 2 atom stereocenters. The summed E-state index contributed by atoms with van der Waals surface area (Å²) >= 11 is 0. The fraction of sp³-hybridized carbons (Fsp3) is 0.407. The maximum Gasteiger partial charge on any atom is 0.246 e. The van der Waals surface area contributed by atoms with Gasteiger partial charge in [0, 0.05) is 29.1 Å². The van der Waals surface area contributed by atoms with Crippen LogP contribution in [0.15, 0.2) is 48.5 Å². The number of fused-ring (bicyclic) bond motifs is 4. The first-order valence-corrected chi connectivity index (χ1v) is 11.9. The number of aromatic nitrogens is 1. The number of aryl methyl sites for hydroxylation is 1. The predicted octanol–water partition coefficient (Wildman–Crippen LogP) is 4.49. The summed E-state index contributed by atoms with van der Waals surface area (Å²) in [5.74, 6) is 0.194. The summed E-state index contributed by atoms with van der Waals surface area (Å²) in [6, 6.07) is 16.2. The van der Waals surface area contributed by atoms with Crippen molar-refractivity contribution in [2.24, 2.45) is 0 Å². The Kier molecular flexibility index (Phi) is 4.60. The number of piperazine rings is 1. The molecule has 5 heteroatoms. The quantitative estimate of drug-likeness (QED) is 0.655. The first-order chi connectivity index (χ1) is 15.6. The average molecular weight is 428 g/mol. The van der Waals surface area contributed by atoms with Gasteiger partial charge in [0.2, 0.25) is 11.8 Å². The number of aromatic amines is 1. The summed E-state index contributed by atoms with van der Waals surface area (Å²) in [7, 11) is 0. The molecule has 32 heavy (non-hydrogen) atoms. The number of nitrogens with one attached hydrogen (secondary N) is 1. The maximum atomic E-state index is 13.8. The third kappa shape index (κ3) is 2.98. The fourth-order valence-electron chi connectivity index (χ4n) is 6.08. The van der Waals surface area contributed by atoms with E-state index in [-0.39, 0.29) is 30.4 Å². The standard InChI is InChI=1S/C27H29N3O2/c1-17-11-13-18(14-12-17)26-25-21(20-9-5-6-10-22(20)28-25)15-23-27(32)29(16-24(31)30(23)26)19-7-3-2-4-8-19/h5-6,9-14,19,23,26,28H,2-4,7-8,15-16H2,1H3/t23-,26?/m0/s1. The second kappa shape index (κ2) is 7.51. The fourth-order valence-corrected chi connectivity index (χ4v) is 6.08. The highest BCUT2D eigenvalue weighted by Gasteiger charge is 2.49. The number of rotatable bonds is 2. The van der Waals surface area contributed by atoms with Crippen molar-refractivity contribution in [3.8, 4) is 0 Å². The predicted molar refractivity (Wildman–Crippen MR) is 124 cm³/mol. The normalized spacial score (nSPS) is 24.0. The van der Waals surface area contributed by atoms with Crippen LogP contribution in [0.2, 0.25) is 0 Å². The van der Waals surface area contributed by atoms with Gasteiger partial charge < -0.3 is 14.8 Å². The van der Waals surface area contributed by atoms with Gasteiger partial charge in [0.15, 0.2) is 0 Å². The molecule has 1 aromatic heterocycles. The van der Waals surface area contributed by atoms with Crippen LogP contribution in [0.25, 0.3) is 10.9 Å². The molecule has 3 heterocycles. The highest BCUT2D eigenvalue weighted by Crippen LogP contribution is 2.43. The lowest BCUT2D eigenvalue weighted by molar-refractivity contribution is -0.161. The van der Waals surface area contributed by atoms with E-state index in [1.807, 2.05) is 21.9 Å². The lowest BCUT2D eigenvalue weighted by Crippen LogP contribution is -2.65. The Labute approximate surface area is 188 Å². The van der Waals surface area contributed by atoms with Gasteiger partial charge in [-0.25, -0.2) is 0 Å². The van der Waals surface area contributed by atoms with Crippen LogP contribution in [0.4, 0.5) is 0 Å². The molecule has 2 amide bonds. The van der Waals surface area contributed by atoms with Gasteiger partial charge >= 0.3 is 0 Å². The van der Waals surface area contributed by atoms with Crippen LogP contribution in [0.5, 0.6) is 0 Å². The topological polar surface area (TPSA) is 56.4 Å². The third-order valence-electron chi connectivity index (χ3n) is 7.70. The molecule has 0 spiro atoms. The zero-order valence-corrected chi connectivity index (χ0v) is 18.5. The number of nitrogens with zero attached hydrogens (tertiary/aromatic N) is 2. The number of hydrogen-bond acceptors (Lipinski definition) is 2. The van der Waals surface area contributed by atoms with Crippen LogP contribution < -0.4 is 0 Å². The minimum absolute atomic E-state index is 0.0649. The van der Waals surface area contributed by atoms with Crippen LogP contribution in [0, 0.1) is 6.92 Å². The van der Waals surface area contributed by atoms with Gasteiger partial charge in [-0.05, 0) is 37.0 Å². The zero-order chi connectivity index (χ0) is 21.8. The van der Waals surface area contributed by atoms with Gasteiger partial charge in [0.25, 0.3) is 0 Å². The Morgan fingerprint density at radius 1 is 0.938 bits per heavy atom. The molecule has 1 saturated heterocycles. The van der Waals surface area contributed by atoms with Crippen molar-refractivity contribution in [2.75, 3.05) is 6.54 Å². The second-order valence-electron chi connectivity index (χ2n) is 9.65. The molecule has 2 aliphatic heterocycles. The van der Waals surface area contributed by atoms with Crippen LogP contribution in [0.3, 0.4) is 0 Å². The van der Waals surface area contributed by atoms with E-state index in [0.29, 0.717) is 6.42 Å². The van der Waals surface area contributed by atoms with Crippen molar-refractivity contribution in [1.82, 2.24) is 14.8 Å². The monoisotopic (exact) mass is 427 g/mol. The van der Waals surface area contributed by atoms with Crippen molar-refractivity contribution in [2.45, 2.75) is 63.6 Å². The summed E-state index contributed by atoms with van der Waals surface area (Å²) < 4.78 is 0. The van der Waals surface area contributed by atoms with Crippen molar-refractivity contribution < 1.29 is 9.59 Å². The van der Waals surface area contributed by atoms with E-state index < -0.39 is 6.04 Å². The number of carbonyl (C=O) groups excluding carboxylic acids is 2. The number of amides is 2. The SMILES string of the molecule is Cc1ccc(C2c3[nH]c4ccccc4c3C[C@H]3C(=O)N(C4CCCCC4)CC(=O)N23)cc1. The molecule has 6 rings (SSSR count). The molecule has 0 radical (unpaired) electrons. The number of carbonyl (C=O) groups is 2. The van der Waals surface area contributed by atoms with Gasteiger partial charge in [-0.15, -0.1) is 0 Å². The summed E-state index contributed by atoms with van der Waals surface area (Å²) in [5, 5.41) is 1.16. The van der Waals surface area contributed by atoms with Crippen LogP contribution in [-0.4, -0.2) is 45.2 Å². The van der Waals surface area contributed by atoms with Gasteiger partial charge in [0.05, 0.1) is 6.04 Å². The van der Waals surface area contributed by atoms with Gasteiger partial charge in [-0.3, -0.25) is 9.59 Å². The first kappa shape index (κ1) is 19.6. The molecule has 2 fully saturated rings. The van der Waals surface area contributed by atoms with Gasteiger partial charge in [-0.1, -0.05) is 67.3 Å². The minimum atomic E-state index is -0.434. The Bertz CT molecular complexity index is 1190. The van der Waals surface area contributed by atoms with E-state index >= 15 is 0 Å². The van der Waals surface area contributed by atoms with E-state index in [4.69, 9.17) is 0 Å². The summed E-state index contributed by atoms with van der Waals surface area (Å²) in [6.45, 7) is 2.28. The molecule has 1 saturated carbocycles. The van der Waals surface area contributed by atoms with E-state index in [0.717, 1.165) is 47.8 Å². The van der Waals surface area contributed by atoms with E-state index in [2.05, 4.69) is 48.3 Å². The van der Waals surface area contributed by atoms with Crippen LogP contribution in [0.1, 0.15) is 60.5 Å². The average Bonchev–Trinajstić information content (AvgIpc) is 3.20. The van der Waals surface area contributed by atoms with Crippen molar-refractivity contribution >= 4 is 22.7 Å². The zero-order valence-electron chi connectivity index (χ0n) is 18.5. The van der Waals surface area contributed by atoms with E-state index in [1.54, 1.807) is 0 Å². The molecule has 1 N–H and O–H groups in total. The highest BCUT2D eigenvalue weighted by atomic mass is 16.2. The van der Waals surface area contributed by atoms with Gasteiger partial charge in [0.1, 0.15) is 12.6 Å². The van der Waals surface area contributed by atoms with Crippen molar-refractivity contribution in [1.29, 1.82) is 0 Å². The Hall–Kier alpha value is -3.08. The molecule has 1 unspecified atom stereocenters. The Morgan fingerprint density at radius 2 is 1.69 bits per heavy atom. The Balaban J connectivity index is 1.48. The summed E-state index contributed by atoms with van der Waals surface area (Å²) in [5.41, 5.74) is 5.54. The Morgan fingerprint density at radius 3 is 2.47 bits per heavy atom. The lowest BCUT2D eigenvalue weighted by atomic mass is 9.85. The highest BCUT2D eigenvalue weighted by molar-refractivity contribution is 5.97. The van der Waals surface area contributed by atoms with E-state index in [9.17, 15) is 9.59 Å². The van der Waals surface area contributed by atoms with Gasteiger partial charge in [-0.2, -0.15) is 0 Å². The van der Waals surface area contributed by atoms with Crippen molar-refractivity contribution in [3.63, 3.8) is 0 Å². The maximum absolute atomic E-state index is 13.8. The molecule has 164 valence electrons. The van der Waals surface area contributed by atoms with E-state index in [1.165, 1.54) is 17.5 Å². The first-order valence-electron chi connectivity index (χ1n) is 11.9. The molecule has 0 bridgehead atoms. The molecule has 3 aromatic rings. The van der Waals surface area contributed by atoms with Crippen LogP contribution >= 0.6 is 0 Å². The number of H-pyrrole nitrogens is 1. The largest absolute Gasteiger partial charge is 0.356 e. The number of benzene rings is 2. The second-order valence-corrected chi connectivity index (χ2v) is 9.65. The number of hydrogen-bond donors (Lipinski definition) is 1. The molecular weight excluding hydrogens is 398 g/mol. The molecule has 1 aliphatic carbocycles. The smallest absolute Gasteiger partial charge is 0.246 e. The summed E-state index contributed by atoms with van der Waals surface area (Å²) in [6.07, 6.45) is 6.15. The van der Waals surface area contributed by atoms with Crippen LogP contribution in [-0.2, 0) is 16.0 Å². The molecule has 5 nitrogen and oxygen atoms in total. The number of para-hydroxylation sites is 1. The lowest BCUT2D eigenvalue weighted by Gasteiger charge is -2.49.